The zero-order chi connectivity index (χ0) is 13.1. The van der Waals surface area contributed by atoms with Gasteiger partial charge in [-0.15, -0.1) is 0 Å². The van der Waals surface area contributed by atoms with E-state index in [9.17, 15) is 4.79 Å². The van der Waals surface area contributed by atoms with E-state index in [1.165, 1.54) is 0 Å². The van der Waals surface area contributed by atoms with Crippen molar-refractivity contribution in [3.63, 3.8) is 0 Å². The number of hydrogen-bond acceptors (Lipinski definition) is 2. The first-order valence-corrected chi connectivity index (χ1v) is 6.83. The van der Waals surface area contributed by atoms with E-state index >= 15 is 0 Å². The van der Waals surface area contributed by atoms with Gasteiger partial charge in [0.1, 0.15) is 0 Å². The van der Waals surface area contributed by atoms with Crippen molar-refractivity contribution < 1.29 is 4.79 Å². The van der Waals surface area contributed by atoms with Gasteiger partial charge in [0.05, 0.1) is 0 Å². The summed E-state index contributed by atoms with van der Waals surface area (Å²) in [4.78, 5) is 12.1. The van der Waals surface area contributed by atoms with Gasteiger partial charge in [-0.3, -0.25) is 4.79 Å². The van der Waals surface area contributed by atoms with Gasteiger partial charge in [-0.25, -0.2) is 0 Å². The van der Waals surface area contributed by atoms with Crippen LogP contribution in [0.2, 0.25) is 0 Å². The molecule has 3 nitrogen and oxygen atoms in total. The molecule has 17 heavy (non-hydrogen) atoms. The Morgan fingerprint density at radius 3 is 2.24 bits per heavy atom. The molecule has 0 aromatic heterocycles. The number of carbonyl (C=O) groups is 1. The first-order valence-electron chi connectivity index (χ1n) is 6.83. The molecule has 1 amide bonds. The number of carbonyl (C=O) groups excluding carboxylic acids is 1. The second kappa shape index (κ2) is 5.38. The highest BCUT2D eigenvalue weighted by molar-refractivity contribution is 5.79. The highest BCUT2D eigenvalue weighted by Crippen LogP contribution is 2.32. The highest BCUT2D eigenvalue weighted by Gasteiger charge is 2.40. The Labute approximate surface area is 106 Å². The van der Waals surface area contributed by atoms with E-state index in [0.29, 0.717) is 0 Å². The lowest BCUT2D eigenvalue weighted by Crippen LogP contribution is -2.59. The molecule has 1 fully saturated rings. The monoisotopic (exact) mass is 240 g/mol. The fourth-order valence-electron chi connectivity index (χ4n) is 3.04. The second-order valence-electron chi connectivity index (χ2n) is 6.64. The molecule has 1 aliphatic rings. The van der Waals surface area contributed by atoms with Crippen LogP contribution in [0.3, 0.4) is 0 Å². The van der Waals surface area contributed by atoms with Crippen LogP contribution < -0.4 is 10.6 Å². The Morgan fingerprint density at radius 1 is 1.24 bits per heavy atom. The van der Waals surface area contributed by atoms with Crippen LogP contribution >= 0.6 is 0 Å². The van der Waals surface area contributed by atoms with Crippen LogP contribution in [0.15, 0.2) is 0 Å². The van der Waals surface area contributed by atoms with E-state index in [-0.39, 0.29) is 22.9 Å². The molecule has 1 saturated heterocycles. The summed E-state index contributed by atoms with van der Waals surface area (Å²) in [5.41, 5.74) is 0.100. The zero-order valence-corrected chi connectivity index (χ0v) is 12.0. The van der Waals surface area contributed by atoms with Crippen molar-refractivity contribution in [2.75, 3.05) is 6.54 Å². The van der Waals surface area contributed by atoms with Gasteiger partial charge in [-0.05, 0) is 47.0 Å². The lowest BCUT2D eigenvalue weighted by Gasteiger charge is -2.46. The first-order chi connectivity index (χ1) is 7.76. The Morgan fingerprint density at radius 2 is 1.76 bits per heavy atom. The third-order valence-electron chi connectivity index (χ3n) is 3.39. The summed E-state index contributed by atoms with van der Waals surface area (Å²) < 4.78 is 0. The summed E-state index contributed by atoms with van der Waals surface area (Å²) in [5.74, 6) is 0.388. The molecule has 1 aliphatic heterocycles. The summed E-state index contributed by atoms with van der Waals surface area (Å²) in [5, 5.41) is 6.67. The van der Waals surface area contributed by atoms with E-state index in [1.54, 1.807) is 0 Å². The lowest BCUT2D eigenvalue weighted by atomic mass is 9.75. The topological polar surface area (TPSA) is 41.1 Å². The van der Waals surface area contributed by atoms with Crippen molar-refractivity contribution >= 4 is 5.91 Å². The molecule has 1 heterocycles. The van der Waals surface area contributed by atoms with Crippen molar-refractivity contribution in [2.45, 2.75) is 71.4 Å². The molecule has 0 radical (unpaired) electrons. The number of piperidine rings is 1. The van der Waals surface area contributed by atoms with E-state index in [0.717, 1.165) is 32.2 Å². The minimum Gasteiger partial charge on any atom is -0.356 e. The van der Waals surface area contributed by atoms with Crippen LogP contribution in [0.5, 0.6) is 0 Å². The average molecular weight is 240 g/mol. The fraction of sp³-hybridized carbons (Fsp3) is 0.929. The average Bonchev–Trinajstić information content (AvgIpc) is 2.13. The van der Waals surface area contributed by atoms with Gasteiger partial charge in [0.25, 0.3) is 0 Å². The van der Waals surface area contributed by atoms with Crippen LogP contribution in [0.25, 0.3) is 0 Å². The predicted molar refractivity (Wildman–Crippen MR) is 71.9 cm³/mol. The molecular formula is C14H28N2O. The smallest absolute Gasteiger partial charge is 0.223 e. The molecule has 0 atom stereocenters. The molecular weight excluding hydrogens is 212 g/mol. The van der Waals surface area contributed by atoms with Crippen LogP contribution in [-0.4, -0.2) is 23.5 Å². The van der Waals surface area contributed by atoms with E-state index in [4.69, 9.17) is 0 Å². The minimum atomic E-state index is 0.0501. The summed E-state index contributed by atoms with van der Waals surface area (Å²) in [6.07, 6.45) is 4.05. The summed E-state index contributed by atoms with van der Waals surface area (Å²) >= 11 is 0. The number of hydrogen-bond donors (Lipinski definition) is 2. The highest BCUT2D eigenvalue weighted by atomic mass is 16.1. The maximum absolute atomic E-state index is 12.1. The summed E-state index contributed by atoms with van der Waals surface area (Å²) in [7, 11) is 0. The van der Waals surface area contributed by atoms with Crippen molar-refractivity contribution in [2.24, 2.45) is 5.92 Å². The molecule has 100 valence electrons. The Bertz CT molecular complexity index is 255. The largest absolute Gasteiger partial charge is 0.356 e. The SMILES string of the molecule is CCCCNC(=O)C1CC(C)(C)NC(C)(C)C1. The van der Waals surface area contributed by atoms with Gasteiger partial charge >= 0.3 is 0 Å². The Balaban J connectivity index is 2.55. The molecule has 0 saturated carbocycles. The van der Waals surface area contributed by atoms with Gasteiger partial charge in [-0.1, -0.05) is 13.3 Å². The van der Waals surface area contributed by atoms with Gasteiger partial charge < -0.3 is 10.6 Å². The van der Waals surface area contributed by atoms with Crippen molar-refractivity contribution in [3.05, 3.63) is 0 Å². The third-order valence-corrected chi connectivity index (χ3v) is 3.39. The zero-order valence-electron chi connectivity index (χ0n) is 12.0. The van der Waals surface area contributed by atoms with E-state index < -0.39 is 0 Å². The Hall–Kier alpha value is -0.570. The van der Waals surface area contributed by atoms with Gasteiger partial charge in [-0.2, -0.15) is 0 Å². The van der Waals surface area contributed by atoms with Gasteiger partial charge in [0, 0.05) is 23.5 Å². The predicted octanol–water partition coefficient (Wildman–Crippen LogP) is 2.46. The first kappa shape index (κ1) is 14.5. The van der Waals surface area contributed by atoms with Gasteiger partial charge in [0.2, 0.25) is 5.91 Å². The normalized spacial score (nSPS) is 23.4. The third kappa shape index (κ3) is 4.66. The molecule has 0 aromatic carbocycles. The summed E-state index contributed by atoms with van der Waals surface area (Å²) in [6, 6.07) is 0. The lowest BCUT2D eigenvalue weighted by molar-refractivity contribution is -0.127. The van der Waals surface area contributed by atoms with Crippen molar-refractivity contribution in [3.8, 4) is 0 Å². The molecule has 0 unspecified atom stereocenters. The summed E-state index contributed by atoms with van der Waals surface area (Å²) in [6.45, 7) is 11.7. The Kier molecular flexibility index (Phi) is 4.59. The minimum absolute atomic E-state index is 0.0501. The van der Waals surface area contributed by atoms with Crippen molar-refractivity contribution in [1.82, 2.24) is 10.6 Å². The molecule has 0 spiro atoms. The fourth-order valence-corrected chi connectivity index (χ4v) is 3.04. The van der Waals surface area contributed by atoms with Crippen LogP contribution in [0.4, 0.5) is 0 Å². The molecule has 1 rings (SSSR count). The molecule has 0 aromatic rings. The number of rotatable bonds is 4. The number of amides is 1. The standard InChI is InChI=1S/C14H28N2O/c1-6-7-8-15-12(17)11-9-13(2,3)16-14(4,5)10-11/h11,16H,6-10H2,1-5H3,(H,15,17). The van der Waals surface area contributed by atoms with Crippen molar-refractivity contribution in [1.29, 1.82) is 0 Å². The number of nitrogens with one attached hydrogen (secondary N) is 2. The molecule has 2 N–H and O–H groups in total. The van der Waals surface area contributed by atoms with Crippen LogP contribution in [-0.2, 0) is 4.79 Å². The maximum atomic E-state index is 12.1. The van der Waals surface area contributed by atoms with E-state index in [2.05, 4.69) is 45.3 Å². The van der Waals surface area contributed by atoms with Crippen LogP contribution in [0, 0.1) is 5.92 Å². The molecule has 3 heteroatoms. The second-order valence-corrected chi connectivity index (χ2v) is 6.64. The number of unbranched alkanes of at least 4 members (excludes halogenated alkanes) is 1. The molecule has 0 bridgehead atoms. The van der Waals surface area contributed by atoms with Crippen LogP contribution in [0.1, 0.15) is 60.3 Å². The van der Waals surface area contributed by atoms with Gasteiger partial charge in [0.15, 0.2) is 0 Å². The quantitative estimate of drug-likeness (QED) is 0.741. The maximum Gasteiger partial charge on any atom is 0.223 e. The van der Waals surface area contributed by atoms with E-state index in [1.807, 2.05) is 0 Å². The molecule has 0 aliphatic carbocycles.